The SMILES string of the molecule is CC(C)C(N)CCN(C)C(=O)CSc1ccc(F)c(F)c1. The Morgan fingerprint density at radius 3 is 2.57 bits per heavy atom. The van der Waals surface area contributed by atoms with E-state index in [1.165, 1.54) is 17.8 Å². The first-order chi connectivity index (χ1) is 9.81. The molecule has 0 aliphatic rings. The van der Waals surface area contributed by atoms with E-state index >= 15 is 0 Å². The number of rotatable bonds is 7. The normalized spacial score (nSPS) is 12.5. The number of benzene rings is 1. The van der Waals surface area contributed by atoms with E-state index in [0.717, 1.165) is 18.6 Å². The molecule has 0 aliphatic carbocycles. The van der Waals surface area contributed by atoms with Gasteiger partial charge in [-0.2, -0.15) is 0 Å². The van der Waals surface area contributed by atoms with Crippen LogP contribution in [0.1, 0.15) is 20.3 Å². The second kappa shape index (κ2) is 8.34. The van der Waals surface area contributed by atoms with Gasteiger partial charge in [0.2, 0.25) is 5.91 Å². The lowest BCUT2D eigenvalue weighted by Gasteiger charge is -2.21. The Morgan fingerprint density at radius 2 is 2.00 bits per heavy atom. The van der Waals surface area contributed by atoms with Crippen LogP contribution in [0.15, 0.2) is 23.1 Å². The van der Waals surface area contributed by atoms with Crippen LogP contribution in [-0.4, -0.2) is 36.2 Å². The number of amides is 1. The average molecular weight is 316 g/mol. The molecule has 0 bridgehead atoms. The van der Waals surface area contributed by atoms with Crippen molar-refractivity contribution in [2.24, 2.45) is 11.7 Å². The van der Waals surface area contributed by atoms with Crippen LogP contribution in [0.5, 0.6) is 0 Å². The van der Waals surface area contributed by atoms with Gasteiger partial charge in [0.15, 0.2) is 11.6 Å². The highest BCUT2D eigenvalue weighted by atomic mass is 32.2. The summed E-state index contributed by atoms with van der Waals surface area (Å²) in [5, 5.41) is 0. The zero-order valence-electron chi connectivity index (χ0n) is 12.6. The van der Waals surface area contributed by atoms with Gasteiger partial charge < -0.3 is 10.6 Å². The zero-order valence-corrected chi connectivity index (χ0v) is 13.4. The van der Waals surface area contributed by atoms with Gasteiger partial charge in [-0.15, -0.1) is 11.8 Å². The van der Waals surface area contributed by atoms with Gasteiger partial charge in [-0.25, -0.2) is 8.78 Å². The third kappa shape index (κ3) is 6.01. The summed E-state index contributed by atoms with van der Waals surface area (Å²) >= 11 is 1.19. The van der Waals surface area contributed by atoms with Crippen molar-refractivity contribution in [2.45, 2.75) is 31.2 Å². The standard InChI is InChI=1S/C15H22F2N2OS/c1-10(2)14(18)6-7-19(3)15(20)9-21-11-4-5-12(16)13(17)8-11/h4-5,8,10,14H,6-7,9,18H2,1-3H3. The van der Waals surface area contributed by atoms with Gasteiger partial charge in [0.1, 0.15) is 0 Å². The predicted molar refractivity (Wildman–Crippen MR) is 82.1 cm³/mol. The number of carbonyl (C=O) groups excluding carboxylic acids is 1. The zero-order chi connectivity index (χ0) is 16.0. The molecule has 0 fully saturated rings. The summed E-state index contributed by atoms with van der Waals surface area (Å²) in [5.74, 6) is -1.27. The van der Waals surface area contributed by atoms with Crippen molar-refractivity contribution in [1.29, 1.82) is 0 Å². The third-order valence-electron chi connectivity index (χ3n) is 3.33. The molecule has 6 heteroatoms. The highest BCUT2D eigenvalue weighted by Gasteiger charge is 2.13. The van der Waals surface area contributed by atoms with E-state index in [0.29, 0.717) is 17.4 Å². The molecular weight excluding hydrogens is 294 g/mol. The molecule has 3 nitrogen and oxygen atoms in total. The Hall–Kier alpha value is -1.14. The first-order valence-corrected chi connectivity index (χ1v) is 7.87. The summed E-state index contributed by atoms with van der Waals surface area (Å²) in [6.07, 6.45) is 0.746. The molecule has 2 N–H and O–H groups in total. The molecule has 0 aliphatic heterocycles. The highest BCUT2D eigenvalue weighted by molar-refractivity contribution is 8.00. The Morgan fingerprint density at radius 1 is 1.33 bits per heavy atom. The number of carbonyl (C=O) groups is 1. The van der Waals surface area contributed by atoms with E-state index in [-0.39, 0.29) is 17.7 Å². The van der Waals surface area contributed by atoms with Gasteiger partial charge in [0, 0.05) is 24.5 Å². The monoisotopic (exact) mass is 316 g/mol. The highest BCUT2D eigenvalue weighted by Crippen LogP contribution is 2.20. The molecule has 1 unspecified atom stereocenters. The first-order valence-electron chi connectivity index (χ1n) is 6.88. The van der Waals surface area contributed by atoms with E-state index in [1.54, 1.807) is 11.9 Å². The van der Waals surface area contributed by atoms with Crippen LogP contribution < -0.4 is 5.73 Å². The lowest BCUT2D eigenvalue weighted by molar-refractivity contribution is -0.127. The van der Waals surface area contributed by atoms with Gasteiger partial charge in [-0.1, -0.05) is 13.8 Å². The van der Waals surface area contributed by atoms with Crippen molar-refractivity contribution in [3.8, 4) is 0 Å². The summed E-state index contributed by atoms with van der Waals surface area (Å²) in [7, 11) is 1.72. The maximum Gasteiger partial charge on any atom is 0.232 e. The van der Waals surface area contributed by atoms with Crippen LogP contribution in [-0.2, 0) is 4.79 Å². The lowest BCUT2D eigenvalue weighted by Crippen LogP contribution is -2.35. The van der Waals surface area contributed by atoms with Crippen molar-refractivity contribution >= 4 is 17.7 Å². The minimum Gasteiger partial charge on any atom is -0.345 e. The molecule has 0 radical (unpaired) electrons. The first kappa shape index (κ1) is 17.9. The van der Waals surface area contributed by atoms with E-state index in [4.69, 9.17) is 5.73 Å². The van der Waals surface area contributed by atoms with Crippen LogP contribution >= 0.6 is 11.8 Å². The fourth-order valence-electron chi connectivity index (χ4n) is 1.62. The molecule has 21 heavy (non-hydrogen) atoms. The largest absolute Gasteiger partial charge is 0.345 e. The molecule has 0 spiro atoms. The van der Waals surface area contributed by atoms with Gasteiger partial charge in [-0.05, 0) is 30.5 Å². The van der Waals surface area contributed by atoms with Crippen LogP contribution in [0.2, 0.25) is 0 Å². The van der Waals surface area contributed by atoms with Crippen LogP contribution in [0, 0.1) is 17.6 Å². The number of nitrogens with two attached hydrogens (primary N) is 1. The third-order valence-corrected chi connectivity index (χ3v) is 4.31. The maximum absolute atomic E-state index is 13.0. The molecule has 1 aromatic carbocycles. The molecule has 1 aromatic rings. The van der Waals surface area contributed by atoms with E-state index in [9.17, 15) is 13.6 Å². The second-order valence-electron chi connectivity index (χ2n) is 5.38. The maximum atomic E-state index is 13.0. The summed E-state index contributed by atoms with van der Waals surface area (Å²) in [6.45, 7) is 4.69. The van der Waals surface area contributed by atoms with Crippen molar-refractivity contribution in [3.63, 3.8) is 0 Å². The Bertz CT molecular complexity index is 483. The number of hydrogen-bond donors (Lipinski definition) is 1. The van der Waals surface area contributed by atoms with Crippen molar-refractivity contribution in [2.75, 3.05) is 19.3 Å². The Kier molecular flexibility index (Phi) is 7.11. The second-order valence-corrected chi connectivity index (χ2v) is 6.43. The van der Waals surface area contributed by atoms with Crippen molar-refractivity contribution in [3.05, 3.63) is 29.8 Å². The molecule has 0 heterocycles. The predicted octanol–water partition coefficient (Wildman–Crippen LogP) is 2.89. The van der Waals surface area contributed by atoms with Crippen LogP contribution in [0.3, 0.4) is 0 Å². The lowest BCUT2D eigenvalue weighted by atomic mass is 10.0. The molecule has 0 saturated heterocycles. The quantitative estimate of drug-likeness (QED) is 0.787. The Labute approximate surface area is 128 Å². The molecule has 0 saturated carbocycles. The molecule has 1 amide bonds. The van der Waals surface area contributed by atoms with Gasteiger partial charge in [0.05, 0.1) is 5.75 Å². The summed E-state index contributed by atoms with van der Waals surface area (Å²) in [5.41, 5.74) is 5.94. The van der Waals surface area contributed by atoms with Crippen molar-refractivity contribution in [1.82, 2.24) is 4.90 Å². The molecular formula is C15H22F2N2OS. The van der Waals surface area contributed by atoms with Crippen molar-refractivity contribution < 1.29 is 13.6 Å². The summed E-state index contributed by atoms with van der Waals surface area (Å²) in [4.78, 5) is 14.1. The molecule has 0 aromatic heterocycles. The van der Waals surface area contributed by atoms with Gasteiger partial charge >= 0.3 is 0 Å². The summed E-state index contributed by atoms with van der Waals surface area (Å²) < 4.78 is 25.8. The minimum atomic E-state index is -0.899. The number of halogens is 2. The molecule has 1 atom stereocenters. The fourth-order valence-corrected chi connectivity index (χ4v) is 2.48. The molecule has 118 valence electrons. The molecule has 1 rings (SSSR count). The fraction of sp³-hybridized carbons (Fsp3) is 0.533. The minimum absolute atomic E-state index is 0.0549. The number of nitrogens with zero attached hydrogens (tertiary/aromatic N) is 1. The number of thioether (sulfide) groups is 1. The topological polar surface area (TPSA) is 46.3 Å². The summed E-state index contributed by atoms with van der Waals surface area (Å²) in [6, 6.07) is 3.69. The van der Waals surface area contributed by atoms with Gasteiger partial charge in [-0.3, -0.25) is 4.79 Å². The van der Waals surface area contributed by atoms with E-state index in [1.807, 2.05) is 13.8 Å². The smallest absolute Gasteiger partial charge is 0.232 e. The van der Waals surface area contributed by atoms with Crippen LogP contribution in [0.4, 0.5) is 8.78 Å². The van der Waals surface area contributed by atoms with Crippen LogP contribution in [0.25, 0.3) is 0 Å². The van der Waals surface area contributed by atoms with Gasteiger partial charge in [0.25, 0.3) is 0 Å². The van der Waals surface area contributed by atoms with E-state index < -0.39 is 11.6 Å². The Balaban J connectivity index is 2.40. The number of hydrogen-bond acceptors (Lipinski definition) is 3. The van der Waals surface area contributed by atoms with E-state index in [2.05, 4.69) is 0 Å². The average Bonchev–Trinajstić information content (AvgIpc) is 2.44.